The third-order valence-corrected chi connectivity index (χ3v) is 2.76. The Bertz CT molecular complexity index is 902. The Kier molecular flexibility index (Phi) is 3.03. The van der Waals surface area contributed by atoms with E-state index in [0.717, 1.165) is 0 Å². The molecule has 21 heavy (non-hydrogen) atoms. The maximum atomic E-state index is 12.0. The summed E-state index contributed by atoms with van der Waals surface area (Å²) in [5, 5.41) is 20.2. The molecule has 2 heterocycles. The fourth-order valence-electron chi connectivity index (χ4n) is 1.80. The van der Waals surface area contributed by atoms with Crippen LogP contribution in [-0.4, -0.2) is 20.4 Å². The Balaban J connectivity index is 2.18. The van der Waals surface area contributed by atoms with Gasteiger partial charge in [0.05, 0.1) is 5.39 Å². The van der Waals surface area contributed by atoms with Gasteiger partial charge in [-0.05, 0) is 24.4 Å². The quantitative estimate of drug-likeness (QED) is 0.472. The third-order valence-electron chi connectivity index (χ3n) is 2.65. The first kappa shape index (κ1) is 13.1. The van der Waals surface area contributed by atoms with E-state index in [1.165, 1.54) is 0 Å². The predicted octanol–water partition coefficient (Wildman–Crippen LogP) is 1.20. The number of thiocarbonyl (C=S) groups is 1. The molecule has 0 atom stereocenters. The Labute approximate surface area is 122 Å². The Morgan fingerprint density at radius 3 is 2.81 bits per heavy atom. The number of benzene rings is 1. The van der Waals surface area contributed by atoms with E-state index in [2.05, 4.69) is 27.7 Å². The fraction of sp³-hybridized carbons (Fsp3) is 0. The lowest BCUT2D eigenvalue weighted by atomic mass is 10.1. The van der Waals surface area contributed by atoms with Crippen molar-refractivity contribution in [3.8, 4) is 17.2 Å². The van der Waals surface area contributed by atoms with Crippen molar-refractivity contribution in [3.63, 3.8) is 0 Å². The van der Waals surface area contributed by atoms with Gasteiger partial charge in [0, 0.05) is 0 Å². The second-order valence-electron chi connectivity index (χ2n) is 4.01. The number of hydrogen-bond donors (Lipinski definition) is 3. The molecule has 3 aromatic rings. The van der Waals surface area contributed by atoms with Crippen molar-refractivity contribution >= 4 is 34.3 Å². The minimum atomic E-state index is -0.795. The molecule has 3 rings (SSSR count). The highest BCUT2D eigenvalue weighted by molar-refractivity contribution is 7.80. The molecule has 0 radical (unpaired) electrons. The Morgan fingerprint density at radius 2 is 2.05 bits per heavy atom. The molecule has 0 fully saturated rings. The van der Waals surface area contributed by atoms with Crippen molar-refractivity contribution in [3.05, 3.63) is 34.7 Å². The van der Waals surface area contributed by atoms with E-state index >= 15 is 0 Å². The number of anilines is 1. The average molecular weight is 304 g/mol. The lowest BCUT2D eigenvalue weighted by Gasteiger charge is -2.02. The number of aromatic nitrogens is 2. The standard InChI is InChI=1S/C12H8N4O4S/c13-11(21)14-12-16-15-9(20-12)7-8(17)5-3-1-2-4-6(5)19-10(7)18/h1-4,17H,(H3,13,14,16,21). The van der Waals surface area contributed by atoms with Gasteiger partial charge in [-0.2, -0.15) is 0 Å². The van der Waals surface area contributed by atoms with Crippen LogP contribution in [0.1, 0.15) is 0 Å². The highest BCUT2D eigenvalue weighted by Crippen LogP contribution is 2.32. The van der Waals surface area contributed by atoms with E-state index in [9.17, 15) is 9.90 Å². The molecule has 0 aliphatic heterocycles. The van der Waals surface area contributed by atoms with E-state index in [-0.39, 0.29) is 33.9 Å². The van der Waals surface area contributed by atoms with Crippen LogP contribution in [0.5, 0.6) is 5.75 Å². The third kappa shape index (κ3) is 2.30. The summed E-state index contributed by atoms with van der Waals surface area (Å²) in [6.07, 6.45) is 0. The predicted molar refractivity (Wildman–Crippen MR) is 77.8 cm³/mol. The molecular weight excluding hydrogens is 296 g/mol. The summed E-state index contributed by atoms with van der Waals surface area (Å²) in [6, 6.07) is 6.44. The van der Waals surface area contributed by atoms with Gasteiger partial charge in [-0.1, -0.05) is 17.2 Å². The van der Waals surface area contributed by atoms with Crippen molar-refractivity contribution in [2.75, 3.05) is 5.32 Å². The smallest absolute Gasteiger partial charge is 0.353 e. The first-order chi connectivity index (χ1) is 10.1. The molecule has 0 spiro atoms. The minimum Gasteiger partial charge on any atom is -0.506 e. The minimum absolute atomic E-state index is 0.0695. The number of rotatable bonds is 2. The molecule has 8 nitrogen and oxygen atoms in total. The number of nitrogens with two attached hydrogens (primary N) is 1. The monoisotopic (exact) mass is 304 g/mol. The molecule has 9 heteroatoms. The fourth-order valence-corrected chi connectivity index (χ4v) is 1.89. The second-order valence-corrected chi connectivity index (χ2v) is 4.45. The molecular formula is C12H8N4O4S. The van der Waals surface area contributed by atoms with Gasteiger partial charge in [0.1, 0.15) is 11.3 Å². The van der Waals surface area contributed by atoms with Gasteiger partial charge in [-0.25, -0.2) is 4.79 Å². The lowest BCUT2D eigenvalue weighted by molar-refractivity contribution is 0.465. The summed E-state index contributed by atoms with van der Waals surface area (Å²) in [5.41, 5.74) is 4.50. The van der Waals surface area contributed by atoms with Crippen molar-refractivity contribution in [1.82, 2.24) is 10.2 Å². The molecule has 0 unspecified atom stereocenters. The van der Waals surface area contributed by atoms with Crippen molar-refractivity contribution in [1.29, 1.82) is 0 Å². The Morgan fingerprint density at radius 1 is 1.29 bits per heavy atom. The molecule has 106 valence electrons. The molecule has 1 aromatic carbocycles. The van der Waals surface area contributed by atoms with Gasteiger partial charge >= 0.3 is 11.6 Å². The van der Waals surface area contributed by atoms with Gasteiger partial charge in [0.25, 0.3) is 5.89 Å². The van der Waals surface area contributed by atoms with Gasteiger partial charge in [0.2, 0.25) is 0 Å². The number of fused-ring (bicyclic) bond motifs is 1. The van der Waals surface area contributed by atoms with Crippen molar-refractivity contribution < 1.29 is 13.9 Å². The van der Waals surface area contributed by atoms with Crippen LogP contribution in [0.2, 0.25) is 0 Å². The molecule has 0 aliphatic carbocycles. The van der Waals surface area contributed by atoms with Gasteiger partial charge in [0.15, 0.2) is 10.7 Å². The number of aromatic hydroxyl groups is 1. The van der Waals surface area contributed by atoms with E-state index in [1.54, 1.807) is 24.3 Å². The summed E-state index contributed by atoms with van der Waals surface area (Å²) in [6.45, 7) is 0. The van der Waals surface area contributed by atoms with Crippen LogP contribution in [0.3, 0.4) is 0 Å². The maximum Gasteiger partial charge on any atom is 0.353 e. The highest BCUT2D eigenvalue weighted by atomic mass is 32.1. The van der Waals surface area contributed by atoms with E-state index < -0.39 is 5.63 Å². The van der Waals surface area contributed by atoms with Crippen LogP contribution >= 0.6 is 12.2 Å². The molecule has 2 aromatic heterocycles. The normalized spacial score (nSPS) is 10.7. The zero-order chi connectivity index (χ0) is 15.0. The van der Waals surface area contributed by atoms with Gasteiger partial charge in [-0.15, -0.1) is 5.10 Å². The van der Waals surface area contributed by atoms with Crippen LogP contribution in [0, 0.1) is 0 Å². The van der Waals surface area contributed by atoms with E-state index in [4.69, 9.17) is 14.6 Å². The Hall–Kier alpha value is -2.94. The van der Waals surface area contributed by atoms with Crippen LogP contribution in [0.15, 0.2) is 37.9 Å². The van der Waals surface area contributed by atoms with Gasteiger partial charge in [-0.3, -0.25) is 5.32 Å². The number of hydrogen-bond acceptors (Lipinski definition) is 7. The van der Waals surface area contributed by atoms with Crippen LogP contribution in [-0.2, 0) is 0 Å². The first-order valence-corrected chi connectivity index (χ1v) is 6.12. The van der Waals surface area contributed by atoms with Crippen LogP contribution in [0.4, 0.5) is 6.01 Å². The largest absolute Gasteiger partial charge is 0.506 e. The maximum absolute atomic E-state index is 12.0. The summed E-state index contributed by atoms with van der Waals surface area (Å²) in [4.78, 5) is 12.0. The molecule has 0 bridgehead atoms. The summed E-state index contributed by atoms with van der Waals surface area (Å²) >= 11 is 4.63. The molecule has 4 N–H and O–H groups in total. The molecule has 0 saturated carbocycles. The van der Waals surface area contributed by atoms with Crippen molar-refractivity contribution in [2.45, 2.75) is 0 Å². The van der Waals surface area contributed by atoms with Gasteiger partial charge < -0.3 is 19.7 Å². The summed E-state index contributed by atoms with van der Waals surface area (Å²) in [5.74, 6) is -0.502. The SMILES string of the molecule is NC(=S)Nc1nnc(-c2c(O)c3ccccc3oc2=O)o1. The van der Waals surface area contributed by atoms with Crippen LogP contribution < -0.4 is 16.7 Å². The average Bonchev–Trinajstić information content (AvgIpc) is 2.86. The lowest BCUT2D eigenvalue weighted by Crippen LogP contribution is -2.18. The van der Waals surface area contributed by atoms with E-state index in [1.807, 2.05) is 0 Å². The number of nitrogens with one attached hydrogen (secondary N) is 1. The zero-order valence-corrected chi connectivity index (χ0v) is 11.2. The second kappa shape index (κ2) is 4.87. The highest BCUT2D eigenvalue weighted by Gasteiger charge is 2.21. The zero-order valence-electron chi connectivity index (χ0n) is 10.4. The first-order valence-electron chi connectivity index (χ1n) is 5.71. The molecule has 0 aliphatic rings. The van der Waals surface area contributed by atoms with Crippen molar-refractivity contribution in [2.24, 2.45) is 5.73 Å². The van der Waals surface area contributed by atoms with Crippen LogP contribution in [0.25, 0.3) is 22.4 Å². The number of para-hydroxylation sites is 1. The molecule has 0 saturated heterocycles. The summed E-state index contributed by atoms with van der Waals surface area (Å²) in [7, 11) is 0. The summed E-state index contributed by atoms with van der Waals surface area (Å²) < 4.78 is 10.3. The van der Waals surface area contributed by atoms with E-state index in [0.29, 0.717) is 5.39 Å². The number of nitrogens with zero attached hydrogens (tertiary/aromatic N) is 2. The molecule has 0 amide bonds. The topological polar surface area (TPSA) is 127 Å².